The number of anilines is 2. The summed E-state index contributed by atoms with van der Waals surface area (Å²) in [7, 11) is 3.28. The molecule has 1 amide bonds. The van der Waals surface area contributed by atoms with E-state index in [0.29, 0.717) is 18.1 Å². The molecule has 1 fully saturated rings. The zero-order chi connectivity index (χ0) is 15.5. The third-order valence-corrected chi connectivity index (χ3v) is 3.88. The maximum absolute atomic E-state index is 12.0. The lowest BCUT2D eigenvalue weighted by Gasteiger charge is -2.24. The molecule has 1 aliphatic rings. The van der Waals surface area contributed by atoms with Crippen molar-refractivity contribution in [1.29, 1.82) is 0 Å². The van der Waals surface area contributed by atoms with Gasteiger partial charge >= 0.3 is 0 Å². The molecule has 2 N–H and O–H groups in total. The lowest BCUT2D eigenvalue weighted by molar-refractivity contribution is -0.128. The van der Waals surface area contributed by atoms with E-state index in [9.17, 15) is 4.79 Å². The first kappa shape index (κ1) is 15.3. The van der Waals surface area contributed by atoms with Gasteiger partial charge in [-0.2, -0.15) is 0 Å². The first-order valence-corrected chi connectivity index (χ1v) is 7.15. The summed E-state index contributed by atoms with van der Waals surface area (Å²) in [5.74, 6) is 2.10. The summed E-state index contributed by atoms with van der Waals surface area (Å²) in [6.45, 7) is 6.11. The van der Waals surface area contributed by atoms with Crippen molar-refractivity contribution in [1.82, 2.24) is 15.3 Å². The number of nitrogens with zero attached hydrogens (tertiary/aromatic N) is 3. The van der Waals surface area contributed by atoms with Gasteiger partial charge in [-0.15, -0.1) is 0 Å². The lowest BCUT2D eigenvalue weighted by atomic mass is 9.89. The minimum atomic E-state index is -0.400. The highest BCUT2D eigenvalue weighted by atomic mass is 16.5. The van der Waals surface area contributed by atoms with E-state index >= 15 is 0 Å². The van der Waals surface area contributed by atoms with Crippen LogP contribution in [0.4, 0.5) is 11.6 Å². The molecule has 1 aromatic heterocycles. The van der Waals surface area contributed by atoms with Crippen molar-refractivity contribution >= 4 is 17.5 Å². The maximum Gasteiger partial charge on any atom is 0.227 e. The topological polar surface area (TPSA) is 79.4 Å². The average molecular weight is 293 g/mol. The van der Waals surface area contributed by atoms with E-state index in [1.807, 2.05) is 13.8 Å². The Labute approximate surface area is 125 Å². The van der Waals surface area contributed by atoms with Gasteiger partial charge in [-0.25, -0.2) is 9.97 Å². The Morgan fingerprint density at radius 2 is 2.29 bits per heavy atom. The van der Waals surface area contributed by atoms with Crippen LogP contribution < -0.4 is 20.3 Å². The second-order valence-corrected chi connectivity index (χ2v) is 5.42. The van der Waals surface area contributed by atoms with E-state index in [1.165, 1.54) is 6.33 Å². The first-order chi connectivity index (χ1) is 10.1. The lowest BCUT2D eigenvalue weighted by Crippen LogP contribution is -2.39. The van der Waals surface area contributed by atoms with Crippen LogP contribution in [0, 0.1) is 5.41 Å². The highest BCUT2D eigenvalue weighted by Gasteiger charge is 2.41. The highest BCUT2D eigenvalue weighted by Crippen LogP contribution is 2.38. The molecule has 1 atom stereocenters. The van der Waals surface area contributed by atoms with Crippen molar-refractivity contribution in [3.05, 3.63) is 6.33 Å². The highest BCUT2D eigenvalue weighted by molar-refractivity contribution is 5.83. The van der Waals surface area contributed by atoms with Crippen LogP contribution in [0.25, 0.3) is 0 Å². The van der Waals surface area contributed by atoms with Crippen LogP contribution in [0.1, 0.15) is 20.3 Å². The van der Waals surface area contributed by atoms with Crippen LogP contribution in [0.15, 0.2) is 6.33 Å². The van der Waals surface area contributed by atoms with Gasteiger partial charge in [-0.05, 0) is 20.3 Å². The van der Waals surface area contributed by atoms with Gasteiger partial charge in [0, 0.05) is 26.7 Å². The van der Waals surface area contributed by atoms with Crippen molar-refractivity contribution in [3.8, 4) is 5.75 Å². The Hall–Kier alpha value is -2.05. The minimum absolute atomic E-state index is 0.0601. The summed E-state index contributed by atoms with van der Waals surface area (Å²) in [4.78, 5) is 22.7. The number of carbonyl (C=O) groups excluding carboxylic acids is 1. The second kappa shape index (κ2) is 6.15. The number of aromatic nitrogens is 2. The molecule has 0 bridgehead atoms. The number of ether oxygens (including phenoxy) is 1. The molecule has 2 heterocycles. The van der Waals surface area contributed by atoms with Crippen molar-refractivity contribution in [2.75, 3.05) is 44.0 Å². The number of methoxy groups -OCH3 is 1. The molecule has 2 rings (SSSR count). The van der Waals surface area contributed by atoms with Crippen LogP contribution in [-0.4, -0.2) is 49.7 Å². The fourth-order valence-electron chi connectivity index (χ4n) is 2.70. The van der Waals surface area contributed by atoms with Gasteiger partial charge in [0.25, 0.3) is 0 Å². The number of nitrogens with one attached hydrogen (secondary N) is 2. The largest absolute Gasteiger partial charge is 0.490 e. The monoisotopic (exact) mass is 293 g/mol. The quantitative estimate of drug-likeness (QED) is 0.839. The van der Waals surface area contributed by atoms with Gasteiger partial charge in [0.2, 0.25) is 11.7 Å². The summed E-state index contributed by atoms with van der Waals surface area (Å²) < 4.78 is 5.47. The van der Waals surface area contributed by atoms with Crippen molar-refractivity contribution in [2.45, 2.75) is 20.3 Å². The molecule has 1 unspecified atom stereocenters. The maximum atomic E-state index is 12.0. The first-order valence-electron chi connectivity index (χ1n) is 7.15. The fraction of sp³-hybridized carbons (Fsp3) is 0.643. The van der Waals surface area contributed by atoms with Crippen LogP contribution in [0.3, 0.4) is 0 Å². The van der Waals surface area contributed by atoms with Crippen LogP contribution in [0.2, 0.25) is 0 Å². The van der Waals surface area contributed by atoms with E-state index in [0.717, 1.165) is 25.3 Å². The molecule has 7 heteroatoms. The molecule has 0 radical (unpaired) electrons. The van der Waals surface area contributed by atoms with Crippen LogP contribution >= 0.6 is 0 Å². The molecule has 116 valence electrons. The number of carbonyl (C=O) groups is 1. The molecule has 7 nitrogen and oxygen atoms in total. The molecule has 21 heavy (non-hydrogen) atoms. The molecule has 0 aliphatic carbocycles. The smallest absolute Gasteiger partial charge is 0.227 e. The number of amides is 1. The van der Waals surface area contributed by atoms with Gasteiger partial charge < -0.3 is 20.3 Å². The average Bonchev–Trinajstić information content (AvgIpc) is 2.90. The van der Waals surface area contributed by atoms with E-state index in [4.69, 9.17) is 4.74 Å². The molecule has 0 saturated carbocycles. The van der Waals surface area contributed by atoms with Crippen LogP contribution in [-0.2, 0) is 4.79 Å². The third kappa shape index (κ3) is 2.86. The Kier molecular flexibility index (Phi) is 4.50. The summed E-state index contributed by atoms with van der Waals surface area (Å²) in [6.07, 6.45) is 2.31. The third-order valence-electron chi connectivity index (χ3n) is 3.88. The standard InChI is InChI=1S/C14H23N5O2/c1-5-16-11-10(21-4)12(18-9-17-11)19-7-6-14(2,8-19)13(20)15-3/h9H,5-8H2,1-4H3,(H,15,20)(H,16,17,18). The van der Waals surface area contributed by atoms with E-state index < -0.39 is 5.41 Å². The Morgan fingerprint density at radius 3 is 2.90 bits per heavy atom. The van der Waals surface area contributed by atoms with E-state index in [-0.39, 0.29) is 5.91 Å². The van der Waals surface area contributed by atoms with Gasteiger partial charge in [0.05, 0.1) is 12.5 Å². The normalized spacial score (nSPS) is 21.2. The van der Waals surface area contributed by atoms with Gasteiger partial charge in [-0.3, -0.25) is 4.79 Å². The number of rotatable bonds is 5. The minimum Gasteiger partial charge on any atom is -0.490 e. The number of hydrogen-bond donors (Lipinski definition) is 2. The summed E-state index contributed by atoms with van der Waals surface area (Å²) in [5.41, 5.74) is -0.400. The van der Waals surface area contributed by atoms with Gasteiger partial charge in [0.1, 0.15) is 6.33 Å². The summed E-state index contributed by atoms with van der Waals surface area (Å²) in [5, 5.41) is 5.90. The van der Waals surface area contributed by atoms with E-state index in [2.05, 4.69) is 25.5 Å². The zero-order valence-corrected chi connectivity index (χ0v) is 13.1. The van der Waals surface area contributed by atoms with Gasteiger partial charge in [-0.1, -0.05) is 0 Å². The zero-order valence-electron chi connectivity index (χ0n) is 13.1. The molecular formula is C14H23N5O2. The Bertz CT molecular complexity index is 522. The fourth-order valence-corrected chi connectivity index (χ4v) is 2.70. The molecule has 1 aromatic rings. The van der Waals surface area contributed by atoms with Crippen molar-refractivity contribution in [3.63, 3.8) is 0 Å². The summed E-state index contributed by atoms with van der Waals surface area (Å²) in [6, 6.07) is 0. The van der Waals surface area contributed by atoms with Crippen molar-refractivity contribution < 1.29 is 9.53 Å². The van der Waals surface area contributed by atoms with Crippen molar-refractivity contribution in [2.24, 2.45) is 5.41 Å². The molecule has 0 aromatic carbocycles. The predicted octanol–water partition coefficient (Wildman–Crippen LogP) is 0.879. The second-order valence-electron chi connectivity index (χ2n) is 5.42. The molecular weight excluding hydrogens is 270 g/mol. The molecule has 1 aliphatic heterocycles. The predicted molar refractivity (Wildman–Crippen MR) is 81.8 cm³/mol. The Morgan fingerprint density at radius 1 is 1.52 bits per heavy atom. The SMILES string of the molecule is CCNc1ncnc(N2CCC(C)(C(=O)NC)C2)c1OC. The summed E-state index contributed by atoms with van der Waals surface area (Å²) >= 11 is 0. The van der Waals surface area contributed by atoms with E-state index in [1.54, 1.807) is 14.2 Å². The number of hydrogen-bond acceptors (Lipinski definition) is 6. The van der Waals surface area contributed by atoms with Gasteiger partial charge in [0.15, 0.2) is 11.6 Å². The molecule has 0 spiro atoms. The van der Waals surface area contributed by atoms with Crippen LogP contribution in [0.5, 0.6) is 5.75 Å². The molecule has 1 saturated heterocycles. The Balaban J connectivity index is 2.27.